The van der Waals surface area contributed by atoms with Crippen LogP contribution in [0.2, 0.25) is 0 Å². The fourth-order valence-corrected chi connectivity index (χ4v) is 3.89. The minimum atomic E-state index is -2.67. The average molecular weight is 344 g/mol. The van der Waals surface area contributed by atoms with Crippen LogP contribution in [-0.2, 0) is 4.74 Å². The molecule has 0 radical (unpaired) electrons. The van der Waals surface area contributed by atoms with Gasteiger partial charge in [0.15, 0.2) is 11.7 Å². The minimum Gasteiger partial charge on any atom is -0.390 e. The number of hydrogen-bond donors (Lipinski definition) is 3. The zero-order valence-electron chi connectivity index (χ0n) is 14.0. The molecule has 3 N–H and O–H groups in total. The van der Waals surface area contributed by atoms with Gasteiger partial charge in [-0.05, 0) is 25.7 Å². The van der Waals surface area contributed by atoms with E-state index in [1.165, 1.54) is 11.1 Å². The first-order chi connectivity index (χ1) is 11.4. The SMILES string of the molecule is CCCN1C(=O)NC2(F)N(O)C(C3CCCO3)N=C[C@@]12C(O)CC. The van der Waals surface area contributed by atoms with E-state index in [9.17, 15) is 15.1 Å². The second-order valence-corrected chi connectivity index (χ2v) is 6.54. The second-order valence-electron chi connectivity index (χ2n) is 6.54. The van der Waals surface area contributed by atoms with Crippen molar-refractivity contribution in [3.05, 3.63) is 0 Å². The molecule has 4 unspecified atom stereocenters. The number of hydrogen-bond acceptors (Lipinski definition) is 6. The van der Waals surface area contributed by atoms with Crippen LogP contribution >= 0.6 is 0 Å². The number of ether oxygens (including phenoxy) is 1. The van der Waals surface area contributed by atoms with Gasteiger partial charge in [-0.25, -0.2) is 4.79 Å². The van der Waals surface area contributed by atoms with Gasteiger partial charge in [0.05, 0.1) is 12.2 Å². The Morgan fingerprint density at radius 1 is 1.58 bits per heavy atom. The van der Waals surface area contributed by atoms with Crippen LogP contribution in [0.1, 0.15) is 39.5 Å². The number of alkyl halides is 1. The van der Waals surface area contributed by atoms with Crippen LogP contribution in [0.3, 0.4) is 0 Å². The highest BCUT2D eigenvalue weighted by Gasteiger charge is 2.72. The van der Waals surface area contributed by atoms with Gasteiger partial charge in [-0.1, -0.05) is 13.8 Å². The molecule has 9 heteroatoms. The average Bonchev–Trinajstić information content (AvgIpc) is 3.15. The molecule has 24 heavy (non-hydrogen) atoms. The summed E-state index contributed by atoms with van der Waals surface area (Å²) in [5.74, 6) is -2.67. The highest BCUT2D eigenvalue weighted by molar-refractivity contribution is 5.90. The fraction of sp³-hybridized carbons (Fsp3) is 0.867. The second kappa shape index (κ2) is 6.21. The molecule has 0 saturated carbocycles. The Hall–Kier alpha value is -1.29. The molecule has 2 saturated heterocycles. The van der Waals surface area contributed by atoms with Gasteiger partial charge in [0.2, 0.25) is 0 Å². The molecular weight excluding hydrogens is 319 g/mol. The van der Waals surface area contributed by atoms with Gasteiger partial charge in [0.1, 0.15) is 0 Å². The van der Waals surface area contributed by atoms with Crippen molar-refractivity contribution in [1.29, 1.82) is 0 Å². The van der Waals surface area contributed by atoms with Crippen molar-refractivity contribution in [2.75, 3.05) is 13.2 Å². The molecule has 0 aromatic rings. The highest BCUT2D eigenvalue weighted by atomic mass is 19.2. The van der Waals surface area contributed by atoms with Crippen LogP contribution < -0.4 is 5.32 Å². The first kappa shape index (κ1) is 17.5. The summed E-state index contributed by atoms with van der Waals surface area (Å²) in [4.78, 5) is 17.9. The van der Waals surface area contributed by atoms with Crippen molar-refractivity contribution in [2.45, 2.75) is 69.4 Å². The maximum Gasteiger partial charge on any atom is 0.322 e. The van der Waals surface area contributed by atoms with Gasteiger partial charge in [-0.2, -0.15) is 4.39 Å². The molecule has 8 nitrogen and oxygen atoms in total. The zero-order valence-corrected chi connectivity index (χ0v) is 14.0. The number of aliphatic imine (C=N–C) groups is 1. The fourth-order valence-electron chi connectivity index (χ4n) is 3.89. The van der Waals surface area contributed by atoms with E-state index < -0.39 is 35.9 Å². The van der Waals surface area contributed by atoms with E-state index in [0.29, 0.717) is 24.5 Å². The standard InChI is InChI=1S/C15H25FN4O4/c1-3-7-19-13(22)18-15(16)14(19,11(21)4-2)9-17-12(20(15)23)10-6-5-8-24-10/h9-12,21,23H,3-8H2,1-2H3,(H,18,22)/t10?,11?,12?,14-,15?/m0/s1. The monoisotopic (exact) mass is 344 g/mol. The smallest absolute Gasteiger partial charge is 0.322 e. The summed E-state index contributed by atoms with van der Waals surface area (Å²) in [6.45, 7) is 4.30. The number of carbonyl (C=O) groups excluding carboxylic acids is 1. The van der Waals surface area contributed by atoms with Crippen LogP contribution in [0.25, 0.3) is 0 Å². The zero-order chi connectivity index (χ0) is 17.5. The van der Waals surface area contributed by atoms with Crippen molar-refractivity contribution in [2.24, 2.45) is 4.99 Å². The van der Waals surface area contributed by atoms with E-state index in [1.807, 2.05) is 6.92 Å². The maximum absolute atomic E-state index is 16.0. The lowest BCUT2D eigenvalue weighted by atomic mass is 9.84. The van der Waals surface area contributed by atoms with Gasteiger partial charge in [-0.3, -0.25) is 10.3 Å². The van der Waals surface area contributed by atoms with E-state index in [4.69, 9.17) is 4.74 Å². The number of rotatable bonds is 5. The third kappa shape index (κ3) is 2.18. The van der Waals surface area contributed by atoms with Crippen LogP contribution in [0.4, 0.5) is 9.18 Å². The van der Waals surface area contributed by atoms with E-state index >= 15 is 4.39 Å². The Morgan fingerprint density at radius 3 is 2.92 bits per heavy atom. The Labute approximate surface area is 140 Å². The third-order valence-corrected chi connectivity index (χ3v) is 5.12. The van der Waals surface area contributed by atoms with Crippen molar-refractivity contribution in [1.82, 2.24) is 15.3 Å². The van der Waals surface area contributed by atoms with Crippen molar-refractivity contribution in [3.8, 4) is 0 Å². The van der Waals surface area contributed by atoms with Crippen molar-refractivity contribution < 1.29 is 24.2 Å². The van der Waals surface area contributed by atoms with Gasteiger partial charge in [-0.15, -0.1) is 5.06 Å². The van der Waals surface area contributed by atoms with Crippen LogP contribution in [0, 0.1) is 0 Å². The summed E-state index contributed by atoms with van der Waals surface area (Å²) < 4.78 is 21.5. The number of amides is 2. The molecule has 0 spiro atoms. The first-order valence-corrected chi connectivity index (χ1v) is 8.53. The summed E-state index contributed by atoms with van der Waals surface area (Å²) >= 11 is 0. The van der Waals surface area contributed by atoms with Gasteiger partial charge >= 0.3 is 6.03 Å². The molecule has 3 aliphatic heterocycles. The highest BCUT2D eigenvalue weighted by Crippen LogP contribution is 2.45. The Bertz CT molecular complexity index is 530. The maximum atomic E-state index is 16.0. The molecule has 3 aliphatic rings. The van der Waals surface area contributed by atoms with E-state index in [-0.39, 0.29) is 13.0 Å². The normalized spacial score (nSPS) is 40.7. The summed E-state index contributed by atoms with van der Waals surface area (Å²) in [5, 5.41) is 23.8. The van der Waals surface area contributed by atoms with Gasteiger partial charge in [0, 0.05) is 19.4 Å². The number of urea groups is 1. The lowest BCUT2D eigenvalue weighted by molar-refractivity contribution is -0.302. The number of hydroxylamine groups is 2. The van der Waals surface area contributed by atoms with Crippen molar-refractivity contribution in [3.63, 3.8) is 0 Å². The van der Waals surface area contributed by atoms with Gasteiger partial charge < -0.3 is 20.0 Å². The summed E-state index contributed by atoms with van der Waals surface area (Å²) in [6.07, 6.45) is 0.877. The number of halogens is 1. The predicted molar refractivity (Wildman–Crippen MR) is 83.3 cm³/mol. The first-order valence-electron chi connectivity index (χ1n) is 8.53. The summed E-state index contributed by atoms with van der Waals surface area (Å²) in [5.41, 5.74) is -1.78. The lowest BCUT2D eigenvalue weighted by Crippen LogP contribution is -2.76. The molecule has 3 rings (SSSR count). The Morgan fingerprint density at radius 2 is 2.33 bits per heavy atom. The van der Waals surface area contributed by atoms with Gasteiger partial charge in [0.25, 0.3) is 5.92 Å². The van der Waals surface area contributed by atoms with Crippen molar-refractivity contribution >= 4 is 12.2 Å². The molecule has 3 heterocycles. The van der Waals surface area contributed by atoms with Crippen LogP contribution in [-0.4, -0.2) is 75.5 Å². The number of fused-ring (bicyclic) bond motifs is 1. The van der Waals surface area contributed by atoms with Crippen LogP contribution in [0.5, 0.6) is 0 Å². The minimum absolute atomic E-state index is 0.200. The van der Waals surface area contributed by atoms with E-state index in [0.717, 1.165) is 6.42 Å². The number of aliphatic hydroxyl groups excluding tert-OH is 1. The number of nitrogens with one attached hydrogen (secondary N) is 1. The topological polar surface area (TPSA) is 97.6 Å². The molecule has 136 valence electrons. The molecule has 5 atom stereocenters. The molecule has 0 aliphatic carbocycles. The predicted octanol–water partition coefficient (Wildman–Crippen LogP) is 0.835. The molecule has 0 bridgehead atoms. The molecule has 2 fully saturated rings. The summed E-state index contributed by atoms with van der Waals surface area (Å²) in [7, 11) is 0. The molecule has 0 aromatic heterocycles. The lowest BCUT2D eigenvalue weighted by Gasteiger charge is -2.50. The molecule has 2 amide bonds. The Balaban J connectivity index is 2.06. The summed E-state index contributed by atoms with van der Waals surface area (Å²) in [6, 6.07) is -0.676. The van der Waals surface area contributed by atoms with Crippen LogP contribution in [0.15, 0.2) is 4.99 Å². The quantitative estimate of drug-likeness (QED) is 0.642. The third-order valence-electron chi connectivity index (χ3n) is 5.12. The number of nitrogens with zero attached hydrogens (tertiary/aromatic N) is 3. The van der Waals surface area contributed by atoms with E-state index in [2.05, 4.69) is 10.3 Å². The number of aliphatic hydroxyl groups is 1. The molecular formula is C15H25FN4O4. The van der Waals surface area contributed by atoms with E-state index in [1.54, 1.807) is 6.92 Å². The number of carbonyl (C=O) groups is 1. The molecule has 0 aromatic carbocycles. The largest absolute Gasteiger partial charge is 0.390 e. The Kier molecular flexibility index (Phi) is 4.54.